The molecular formula is C21H28F2O. The van der Waals surface area contributed by atoms with Gasteiger partial charge in [0.25, 0.3) is 0 Å². The average molecular weight is 334 g/mol. The lowest BCUT2D eigenvalue weighted by atomic mass is 9.85. The fourth-order valence-electron chi connectivity index (χ4n) is 3.67. The van der Waals surface area contributed by atoms with Crippen molar-refractivity contribution in [2.75, 3.05) is 6.61 Å². The normalized spacial score (nSPS) is 19.1. The largest absolute Gasteiger partial charge is 0.490 e. The fraction of sp³-hybridized carbons (Fsp3) is 0.619. The second kappa shape index (κ2) is 8.64. The Morgan fingerprint density at radius 3 is 2.50 bits per heavy atom. The van der Waals surface area contributed by atoms with Gasteiger partial charge in [0.2, 0.25) is 5.82 Å². The zero-order chi connectivity index (χ0) is 16.8. The van der Waals surface area contributed by atoms with Crippen molar-refractivity contribution >= 4 is 0 Å². The zero-order valence-electron chi connectivity index (χ0n) is 14.4. The highest BCUT2D eigenvalue weighted by atomic mass is 19.2. The molecule has 0 bridgehead atoms. The first-order valence-electron chi connectivity index (χ1n) is 9.50. The van der Waals surface area contributed by atoms with Crippen molar-refractivity contribution in [3.63, 3.8) is 0 Å². The summed E-state index contributed by atoms with van der Waals surface area (Å²) in [5.74, 6) is -0.117. The minimum atomic E-state index is -0.832. The van der Waals surface area contributed by atoms with Crippen molar-refractivity contribution in [3.05, 3.63) is 41.5 Å². The van der Waals surface area contributed by atoms with Gasteiger partial charge in [-0.05, 0) is 55.6 Å². The summed E-state index contributed by atoms with van der Waals surface area (Å²) in [5.41, 5.74) is 0.439. The third kappa shape index (κ3) is 4.58. The van der Waals surface area contributed by atoms with E-state index in [-0.39, 0.29) is 5.75 Å². The molecule has 0 aliphatic heterocycles. The van der Waals surface area contributed by atoms with Crippen LogP contribution in [0.25, 0.3) is 0 Å². The Morgan fingerprint density at radius 1 is 1.00 bits per heavy atom. The SMILES string of the molecule is Fc1c(CC/C=C/C2CCC2)ccc(OCCC2CCCC2)c1F. The molecular weight excluding hydrogens is 306 g/mol. The van der Waals surface area contributed by atoms with Crippen molar-refractivity contribution in [2.45, 2.75) is 64.2 Å². The third-order valence-corrected chi connectivity index (χ3v) is 5.52. The molecule has 0 aromatic heterocycles. The number of allylic oxidation sites excluding steroid dienone is 2. The van der Waals surface area contributed by atoms with Gasteiger partial charge in [-0.3, -0.25) is 0 Å². The summed E-state index contributed by atoms with van der Waals surface area (Å²) in [6.45, 7) is 0.477. The molecule has 0 amide bonds. The monoisotopic (exact) mass is 334 g/mol. The summed E-state index contributed by atoms with van der Waals surface area (Å²) < 4.78 is 33.8. The lowest BCUT2D eigenvalue weighted by molar-refractivity contribution is 0.263. The summed E-state index contributed by atoms with van der Waals surface area (Å²) in [6, 6.07) is 3.25. The summed E-state index contributed by atoms with van der Waals surface area (Å²) in [6.07, 6.45) is 15.5. The van der Waals surface area contributed by atoms with E-state index in [1.807, 2.05) is 0 Å². The molecule has 3 heteroatoms. The summed E-state index contributed by atoms with van der Waals surface area (Å²) >= 11 is 0. The molecule has 0 saturated heterocycles. The van der Waals surface area contributed by atoms with Crippen LogP contribution >= 0.6 is 0 Å². The van der Waals surface area contributed by atoms with Crippen LogP contribution in [0.2, 0.25) is 0 Å². The van der Waals surface area contributed by atoms with Gasteiger partial charge in [-0.25, -0.2) is 4.39 Å². The standard InChI is InChI=1S/C21H28F2O/c22-20-18(11-4-3-6-16-9-5-10-16)12-13-19(21(20)23)24-15-14-17-7-1-2-8-17/h3,6,12-13,16-17H,1-2,4-5,7-11,14-15H2/b6-3+. The Bertz CT molecular complexity index is 557. The predicted octanol–water partition coefficient (Wildman–Crippen LogP) is 6.21. The van der Waals surface area contributed by atoms with Gasteiger partial charge in [-0.2, -0.15) is 4.39 Å². The molecule has 2 saturated carbocycles. The van der Waals surface area contributed by atoms with E-state index in [1.165, 1.54) is 44.9 Å². The molecule has 1 aromatic rings. The Hall–Kier alpha value is -1.38. The van der Waals surface area contributed by atoms with E-state index < -0.39 is 11.6 Å². The lowest BCUT2D eigenvalue weighted by Gasteiger charge is -2.21. The summed E-state index contributed by atoms with van der Waals surface area (Å²) in [4.78, 5) is 0. The third-order valence-electron chi connectivity index (χ3n) is 5.52. The van der Waals surface area contributed by atoms with Gasteiger partial charge in [0, 0.05) is 0 Å². The maximum absolute atomic E-state index is 14.2. The van der Waals surface area contributed by atoms with E-state index in [0.717, 1.165) is 12.8 Å². The van der Waals surface area contributed by atoms with Crippen LogP contribution in [-0.4, -0.2) is 6.61 Å². The van der Waals surface area contributed by atoms with E-state index in [1.54, 1.807) is 12.1 Å². The topological polar surface area (TPSA) is 9.23 Å². The van der Waals surface area contributed by atoms with Crippen LogP contribution in [0.15, 0.2) is 24.3 Å². The summed E-state index contributed by atoms with van der Waals surface area (Å²) in [5, 5.41) is 0. The molecule has 0 atom stereocenters. The molecule has 1 aromatic carbocycles. The Labute approximate surface area is 144 Å². The lowest BCUT2D eigenvalue weighted by Crippen LogP contribution is -2.07. The first-order valence-corrected chi connectivity index (χ1v) is 9.50. The number of rotatable bonds is 8. The number of hydrogen-bond donors (Lipinski definition) is 0. The highest BCUT2D eigenvalue weighted by Crippen LogP contribution is 2.29. The number of benzene rings is 1. The van der Waals surface area contributed by atoms with Crippen LogP contribution in [0.5, 0.6) is 5.75 Å². The molecule has 2 fully saturated rings. The maximum atomic E-state index is 14.2. The second-order valence-corrected chi connectivity index (χ2v) is 7.30. The number of ether oxygens (including phenoxy) is 1. The van der Waals surface area contributed by atoms with Gasteiger partial charge >= 0.3 is 0 Å². The first kappa shape index (κ1) is 17.4. The summed E-state index contributed by atoms with van der Waals surface area (Å²) in [7, 11) is 0. The van der Waals surface area contributed by atoms with Crippen LogP contribution in [0.3, 0.4) is 0 Å². The highest BCUT2D eigenvalue weighted by Gasteiger charge is 2.17. The average Bonchev–Trinajstić information content (AvgIpc) is 3.04. The van der Waals surface area contributed by atoms with Gasteiger partial charge in [-0.1, -0.05) is 50.3 Å². The van der Waals surface area contributed by atoms with E-state index in [2.05, 4.69) is 12.2 Å². The molecule has 2 aliphatic rings. The number of aryl methyl sites for hydroxylation is 1. The van der Waals surface area contributed by atoms with Crippen LogP contribution < -0.4 is 4.74 Å². The molecule has 0 spiro atoms. The van der Waals surface area contributed by atoms with Crippen molar-refractivity contribution in [3.8, 4) is 5.75 Å². The van der Waals surface area contributed by atoms with Crippen molar-refractivity contribution in [1.82, 2.24) is 0 Å². The Balaban J connectivity index is 1.47. The van der Waals surface area contributed by atoms with E-state index in [9.17, 15) is 8.78 Å². The van der Waals surface area contributed by atoms with Crippen molar-refractivity contribution in [2.24, 2.45) is 11.8 Å². The highest BCUT2D eigenvalue weighted by molar-refractivity contribution is 5.31. The predicted molar refractivity (Wildman–Crippen MR) is 93.2 cm³/mol. The van der Waals surface area contributed by atoms with Crippen molar-refractivity contribution in [1.29, 1.82) is 0 Å². The Morgan fingerprint density at radius 2 is 1.79 bits per heavy atom. The van der Waals surface area contributed by atoms with Gasteiger partial charge in [0.1, 0.15) is 0 Å². The van der Waals surface area contributed by atoms with E-state index in [4.69, 9.17) is 4.74 Å². The Kier molecular flexibility index (Phi) is 6.28. The van der Waals surface area contributed by atoms with E-state index >= 15 is 0 Å². The zero-order valence-corrected chi connectivity index (χ0v) is 14.4. The number of halogens is 2. The van der Waals surface area contributed by atoms with Crippen LogP contribution in [-0.2, 0) is 6.42 Å². The minimum absolute atomic E-state index is 0.0549. The molecule has 3 rings (SSSR count). The minimum Gasteiger partial charge on any atom is -0.490 e. The molecule has 2 aliphatic carbocycles. The van der Waals surface area contributed by atoms with Crippen LogP contribution in [0.1, 0.15) is 63.4 Å². The molecule has 24 heavy (non-hydrogen) atoms. The van der Waals surface area contributed by atoms with E-state index in [0.29, 0.717) is 30.4 Å². The smallest absolute Gasteiger partial charge is 0.200 e. The van der Waals surface area contributed by atoms with Gasteiger partial charge < -0.3 is 4.74 Å². The molecule has 0 radical (unpaired) electrons. The van der Waals surface area contributed by atoms with Gasteiger partial charge in [-0.15, -0.1) is 0 Å². The molecule has 132 valence electrons. The van der Waals surface area contributed by atoms with Gasteiger partial charge in [0.15, 0.2) is 11.6 Å². The maximum Gasteiger partial charge on any atom is 0.200 e. The molecule has 0 N–H and O–H groups in total. The van der Waals surface area contributed by atoms with Gasteiger partial charge in [0.05, 0.1) is 6.61 Å². The first-order chi connectivity index (χ1) is 11.7. The molecule has 0 unspecified atom stereocenters. The number of hydrogen-bond acceptors (Lipinski definition) is 1. The second-order valence-electron chi connectivity index (χ2n) is 7.30. The fourth-order valence-corrected chi connectivity index (χ4v) is 3.67. The van der Waals surface area contributed by atoms with Crippen LogP contribution in [0.4, 0.5) is 8.78 Å². The molecule has 1 nitrogen and oxygen atoms in total. The van der Waals surface area contributed by atoms with Crippen LogP contribution in [0, 0.1) is 23.5 Å². The van der Waals surface area contributed by atoms with Crippen molar-refractivity contribution < 1.29 is 13.5 Å². The molecule has 0 heterocycles. The quantitative estimate of drug-likeness (QED) is 0.513.